The van der Waals surface area contributed by atoms with Crippen LogP contribution in [0.4, 0.5) is 0 Å². The van der Waals surface area contributed by atoms with Crippen LogP contribution in [0.3, 0.4) is 0 Å². The first-order chi connectivity index (χ1) is 9.18. The smallest absolute Gasteiger partial charge is 0.322 e. The van der Waals surface area contributed by atoms with Gasteiger partial charge in [0.05, 0.1) is 11.7 Å². The molecule has 0 bridgehead atoms. The number of para-hydroxylation sites is 1. The van der Waals surface area contributed by atoms with Gasteiger partial charge in [-0.1, -0.05) is 18.2 Å². The maximum atomic E-state index is 12.5. The molecule has 0 amide bonds. The van der Waals surface area contributed by atoms with Crippen molar-refractivity contribution in [1.29, 1.82) is 0 Å². The minimum absolute atomic E-state index is 0.159. The molecule has 1 atom stereocenters. The molecule has 0 aliphatic carbocycles. The molecule has 96 valence electrons. The van der Waals surface area contributed by atoms with Gasteiger partial charge >= 0.3 is 5.69 Å². The van der Waals surface area contributed by atoms with Crippen molar-refractivity contribution >= 4 is 5.65 Å². The van der Waals surface area contributed by atoms with E-state index >= 15 is 0 Å². The average molecular weight is 254 g/mol. The summed E-state index contributed by atoms with van der Waals surface area (Å²) in [5.74, 6) is 0.558. The summed E-state index contributed by atoms with van der Waals surface area (Å²) in [6, 6.07) is 12.7. The van der Waals surface area contributed by atoms with Gasteiger partial charge < -0.3 is 5.73 Å². The zero-order valence-electron chi connectivity index (χ0n) is 10.5. The van der Waals surface area contributed by atoms with E-state index in [1.54, 1.807) is 22.9 Å². The lowest BCUT2D eigenvalue weighted by molar-refractivity contribution is 0.667. The van der Waals surface area contributed by atoms with Crippen LogP contribution in [0.1, 0.15) is 18.8 Å². The second kappa shape index (κ2) is 4.37. The lowest BCUT2D eigenvalue weighted by Crippen LogP contribution is -2.31. The molecule has 0 spiro atoms. The van der Waals surface area contributed by atoms with E-state index < -0.39 is 0 Å². The van der Waals surface area contributed by atoms with E-state index in [2.05, 4.69) is 4.98 Å². The summed E-state index contributed by atoms with van der Waals surface area (Å²) in [6.07, 6.45) is 1.70. The average Bonchev–Trinajstić information content (AvgIpc) is 2.88. The van der Waals surface area contributed by atoms with Crippen molar-refractivity contribution in [2.24, 2.45) is 5.73 Å². The van der Waals surface area contributed by atoms with E-state index in [9.17, 15) is 4.79 Å². The van der Waals surface area contributed by atoms with Gasteiger partial charge in [0, 0.05) is 6.20 Å². The molecule has 0 saturated heterocycles. The van der Waals surface area contributed by atoms with E-state index in [0.717, 1.165) is 5.69 Å². The van der Waals surface area contributed by atoms with Crippen molar-refractivity contribution in [2.75, 3.05) is 0 Å². The van der Waals surface area contributed by atoms with Gasteiger partial charge in [-0.2, -0.15) is 0 Å². The second-order valence-electron chi connectivity index (χ2n) is 4.45. The summed E-state index contributed by atoms with van der Waals surface area (Å²) in [6.45, 7) is 1.82. The molecule has 1 unspecified atom stereocenters. The van der Waals surface area contributed by atoms with Gasteiger partial charge in [-0.05, 0) is 31.2 Å². The SMILES string of the molecule is CC(N)c1nc2cccn2c(=O)n1-c1ccccc1. The highest BCUT2D eigenvalue weighted by Crippen LogP contribution is 2.13. The molecular weight excluding hydrogens is 240 g/mol. The predicted octanol–water partition coefficient (Wildman–Crippen LogP) is 1.50. The monoisotopic (exact) mass is 254 g/mol. The fourth-order valence-electron chi connectivity index (χ4n) is 2.12. The molecule has 2 aromatic heterocycles. The van der Waals surface area contributed by atoms with Gasteiger partial charge in [0.2, 0.25) is 0 Å². The zero-order valence-corrected chi connectivity index (χ0v) is 10.5. The van der Waals surface area contributed by atoms with Gasteiger partial charge in [-0.15, -0.1) is 0 Å². The number of hydrogen-bond donors (Lipinski definition) is 1. The van der Waals surface area contributed by atoms with Crippen LogP contribution >= 0.6 is 0 Å². The number of nitrogens with two attached hydrogens (primary N) is 1. The van der Waals surface area contributed by atoms with Crippen LogP contribution in [0.25, 0.3) is 11.3 Å². The molecule has 0 saturated carbocycles. The molecule has 2 heterocycles. The van der Waals surface area contributed by atoms with Crippen molar-refractivity contribution < 1.29 is 0 Å². The third-order valence-corrected chi connectivity index (χ3v) is 3.00. The lowest BCUT2D eigenvalue weighted by atomic mass is 10.3. The molecular formula is C14H14N4O. The minimum Gasteiger partial charge on any atom is -0.322 e. The normalized spacial score (nSPS) is 12.7. The van der Waals surface area contributed by atoms with Crippen LogP contribution in [-0.4, -0.2) is 14.0 Å². The van der Waals surface area contributed by atoms with Gasteiger partial charge in [0.15, 0.2) is 0 Å². The van der Waals surface area contributed by atoms with E-state index in [4.69, 9.17) is 5.73 Å². The van der Waals surface area contributed by atoms with Crippen LogP contribution in [0.15, 0.2) is 53.5 Å². The maximum absolute atomic E-state index is 12.5. The van der Waals surface area contributed by atoms with Gasteiger partial charge in [0.1, 0.15) is 11.5 Å². The zero-order chi connectivity index (χ0) is 13.4. The first-order valence-corrected chi connectivity index (χ1v) is 6.09. The summed E-state index contributed by atoms with van der Waals surface area (Å²) in [5, 5.41) is 0. The van der Waals surface area contributed by atoms with Crippen LogP contribution in [0.2, 0.25) is 0 Å². The van der Waals surface area contributed by atoms with Crippen LogP contribution in [-0.2, 0) is 0 Å². The van der Waals surface area contributed by atoms with Crippen LogP contribution in [0.5, 0.6) is 0 Å². The molecule has 2 N–H and O–H groups in total. The predicted molar refractivity (Wildman–Crippen MR) is 73.4 cm³/mol. The first kappa shape index (κ1) is 11.7. The Morgan fingerprint density at radius 2 is 1.89 bits per heavy atom. The summed E-state index contributed by atoms with van der Waals surface area (Å²) in [7, 11) is 0. The fraction of sp³-hybridized carbons (Fsp3) is 0.143. The number of nitrogens with zero attached hydrogens (tertiary/aromatic N) is 3. The molecule has 5 nitrogen and oxygen atoms in total. The molecule has 0 radical (unpaired) electrons. The Morgan fingerprint density at radius 3 is 2.58 bits per heavy atom. The third-order valence-electron chi connectivity index (χ3n) is 3.00. The first-order valence-electron chi connectivity index (χ1n) is 6.09. The second-order valence-corrected chi connectivity index (χ2v) is 4.45. The van der Waals surface area contributed by atoms with E-state index in [1.165, 1.54) is 4.40 Å². The Labute approximate surface area is 109 Å². The van der Waals surface area contributed by atoms with Gasteiger partial charge in [0.25, 0.3) is 0 Å². The molecule has 0 fully saturated rings. The van der Waals surface area contributed by atoms with Crippen molar-refractivity contribution in [1.82, 2.24) is 14.0 Å². The van der Waals surface area contributed by atoms with E-state index in [-0.39, 0.29) is 11.7 Å². The summed E-state index contributed by atoms with van der Waals surface area (Å²) in [4.78, 5) is 17.0. The Hall–Kier alpha value is -2.40. The van der Waals surface area contributed by atoms with Crippen molar-refractivity contribution in [3.63, 3.8) is 0 Å². The van der Waals surface area contributed by atoms with E-state index in [0.29, 0.717) is 11.5 Å². The number of benzene rings is 1. The number of hydrogen-bond acceptors (Lipinski definition) is 3. The van der Waals surface area contributed by atoms with Crippen molar-refractivity contribution in [3.05, 3.63) is 65.0 Å². The third kappa shape index (κ3) is 1.84. The maximum Gasteiger partial charge on any atom is 0.339 e. The lowest BCUT2D eigenvalue weighted by Gasteiger charge is -2.15. The summed E-state index contributed by atoms with van der Waals surface area (Å²) in [5.41, 5.74) is 7.17. The van der Waals surface area contributed by atoms with Crippen LogP contribution < -0.4 is 11.4 Å². The van der Waals surface area contributed by atoms with Gasteiger partial charge in [-0.25, -0.2) is 14.3 Å². The highest BCUT2D eigenvalue weighted by Gasteiger charge is 2.14. The number of aromatic nitrogens is 3. The van der Waals surface area contributed by atoms with Crippen molar-refractivity contribution in [3.8, 4) is 5.69 Å². The Balaban J connectivity index is 2.41. The largest absolute Gasteiger partial charge is 0.339 e. The van der Waals surface area contributed by atoms with Gasteiger partial charge in [-0.3, -0.25) is 4.40 Å². The molecule has 3 aromatic rings. The molecule has 0 aliphatic heterocycles. The highest BCUT2D eigenvalue weighted by molar-refractivity contribution is 5.41. The molecule has 19 heavy (non-hydrogen) atoms. The topological polar surface area (TPSA) is 65.3 Å². The fourth-order valence-corrected chi connectivity index (χ4v) is 2.12. The van der Waals surface area contributed by atoms with Crippen LogP contribution in [0, 0.1) is 0 Å². The quantitative estimate of drug-likeness (QED) is 0.753. The summed E-state index contributed by atoms with van der Waals surface area (Å²) >= 11 is 0. The minimum atomic E-state index is -0.326. The standard InChI is InChI=1S/C14H14N4O/c1-10(15)13-16-12-8-5-9-17(12)14(19)18(13)11-6-3-2-4-7-11/h2-10H,15H2,1H3. The molecule has 1 aromatic carbocycles. The Kier molecular flexibility index (Phi) is 2.68. The number of fused-ring (bicyclic) bond motifs is 1. The number of rotatable bonds is 2. The molecule has 5 heteroatoms. The molecule has 3 rings (SSSR count). The highest BCUT2D eigenvalue weighted by atomic mass is 16.1. The van der Waals surface area contributed by atoms with Crippen molar-refractivity contribution in [2.45, 2.75) is 13.0 Å². The molecule has 0 aliphatic rings. The Bertz CT molecular complexity index is 771. The van der Waals surface area contributed by atoms with E-state index in [1.807, 2.05) is 37.3 Å². The summed E-state index contributed by atoms with van der Waals surface area (Å²) < 4.78 is 3.07. The Morgan fingerprint density at radius 1 is 1.16 bits per heavy atom.